The van der Waals surface area contributed by atoms with Gasteiger partial charge >= 0.3 is 6.03 Å². The molecule has 0 aliphatic carbocycles. The van der Waals surface area contributed by atoms with E-state index in [1.54, 1.807) is 4.90 Å². The maximum atomic E-state index is 12.2. The number of fused-ring (bicyclic) bond motifs is 1. The number of urea groups is 1. The molecule has 0 radical (unpaired) electrons. The first-order valence-electron chi connectivity index (χ1n) is 8.12. The molecule has 2 aromatic rings. The summed E-state index contributed by atoms with van der Waals surface area (Å²) in [7, 11) is 0. The minimum atomic E-state index is -0.0853. The molecule has 1 heterocycles. The molecule has 0 saturated heterocycles. The summed E-state index contributed by atoms with van der Waals surface area (Å²) in [6.45, 7) is 9.79. The summed E-state index contributed by atoms with van der Waals surface area (Å²) in [4.78, 5) is 28.7. The van der Waals surface area contributed by atoms with Crippen molar-refractivity contribution in [3.63, 3.8) is 0 Å². The molecular weight excluding hydrogens is 290 g/mol. The van der Waals surface area contributed by atoms with E-state index in [9.17, 15) is 9.59 Å². The van der Waals surface area contributed by atoms with Gasteiger partial charge in [-0.2, -0.15) is 0 Å². The maximum Gasteiger partial charge on any atom is 0.317 e. The van der Waals surface area contributed by atoms with E-state index in [2.05, 4.69) is 23.3 Å². The molecule has 0 aliphatic heterocycles. The second kappa shape index (κ2) is 7.31. The van der Waals surface area contributed by atoms with Gasteiger partial charge in [-0.05, 0) is 68.8 Å². The molecule has 0 spiro atoms. The van der Waals surface area contributed by atoms with Crippen LogP contribution in [0, 0.1) is 13.8 Å². The lowest BCUT2D eigenvalue weighted by atomic mass is 10.0. The lowest BCUT2D eigenvalue weighted by Gasteiger charge is -2.19. The van der Waals surface area contributed by atoms with Crippen molar-refractivity contribution in [3.8, 4) is 0 Å². The number of carbonyl (C=O) groups excluding carboxylic acids is 1. The molecule has 1 aromatic heterocycles. The summed E-state index contributed by atoms with van der Waals surface area (Å²) < 4.78 is 0. The molecule has 5 nitrogen and oxygen atoms in total. The monoisotopic (exact) mass is 315 g/mol. The third-order valence-corrected chi connectivity index (χ3v) is 4.26. The Bertz CT molecular complexity index is 761. The number of amides is 2. The van der Waals surface area contributed by atoms with Gasteiger partial charge in [-0.25, -0.2) is 4.79 Å². The minimum Gasteiger partial charge on any atom is -0.338 e. The average Bonchev–Trinajstić information content (AvgIpc) is 2.51. The van der Waals surface area contributed by atoms with Gasteiger partial charge in [0.05, 0.1) is 0 Å². The van der Waals surface area contributed by atoms with Gasteiger partial charge in [-0.3, -0.25) is 4.79 Å². The highest BCUT2D eigenvalue weighted by Crippen LogP contribution is 2.17. The molecule has 2 rings (SSSR count). The van der Waals surface area contributed by atoms with Crippen LogP contribution in [-0.4, -0.2) is 35.5 Å². The van der Waals surface area contributed by atoms with Gasteiger partial charge in [0.25, 0.3) is 5.56 Å². The molecule has 0 atom stereocenters. The molecular formula is C18H25N3O2. The number of nitrogens with zero attached hydrogens (tertiary/aromatic N) is 1. The first-order chi connectivity index (χ1) is 11.0. The van der Waals surface area contributed by atoms with Gasteiger partial charge in [0.1, 0.15) is 0 Å². The molecule has 0 bridgehead atoms. The van der Waals surface area contributed by atoms with Gasteiger partial charge in [-0.1, -0.05) is 0 Å². The smallest absolute Gasteiger partial charge is 0.317 e. The molecule has 1 aromatic carbocycles. The van der Waals surface area contributed by atoms with Gasteiger partial charge in [-0.15, -0.1) is 0 Å². The van der Waals surface area contributed by atoms with Crippen LogP contribution in [0.4, 0.5) is 4.79 Å². The lowest BCUT2D eigenvalue weighted by Crippen LogP contribution is -2.40. The first kappa shape index (κ1) is 17.1. The Labute approximate surface area is 136 Å². The highest BCUT2D eigenvalue weighted by atomic mass is 16.2. The fourth-order valence-corrected chi connectivity index (χ4v) is 2.63. The number of aromatic amines is 1. The summed E-state index contributed by atoms with van der Waals surface area (Å²) in [5.74, 6) is 0. The normalized spacial score (nSPS) is 10.8. The van der Waals surface area contributed by atoms with Gasteiger partial charge in [0.15, 0.2) is 0 Å². The van der Waals surface area contributed by atoms with E-state index in [0.717, 1.165) is 16.5 Å². The highest BCUT2D eigenvalue weighted by Gasteiger charge is 2.09. The second-order valence-electron chi connectivity index (χ2n) is 5.80. The Morgan fingerprint density at radius 3 is 2.43 bits per heavy atom. The fourth-order valence-electron chi connectivity index (χ4n) is 2.63. The summed E-state index contributed by atoms with van der Waals surface area (Å²) in [5.41, 5.74) is 3.82. The van der Waals surface area contributed by atoms with Crippen LogP contribution in [0.25, 0.3) is 10.9 Å². The van der Waals surface area contributed by atoms with Crippen molar-refractivity contribution in [1.29, 1.82) is 0 Å². The number of benzene rings is 1. The quantitative estimate of drug-likeness (QED) is 0.891. The number of rotatable bonds is 5. The molecule has 2 amide bonds. The van der Waals surface area contributed by atoms with E-state index in [0.29, 0.717) is 31.6 Å². The maximum absolute atomic E-state index is 12.2. The number of hydrogen-bond donors (Lipinski definition) is 2. The first-order valence-corrected chi connectivity index (χ1v) is 8.12. The molecule has 2 N–H and O–H groups in total. The van der Waals surface area contributed by atoms with Crippen molar-refractivity contribution in [3.05, 3.63) is 45.2 Å². The Morgan fingerprint density at radius 2 is 1.78 bits per heavy atom. The molecule has 0 unspecified atom stereocenters. The Morgan fingerprint density at radius 1 is 1.13 bits per heavy atom. The zero-order chi connectivity index (χ0) is 17.0. The number of hydrogen-bond acceptors (Lipinski definition) is 2. The van der Waals surface area contributed by atoms with Crippen LogP contribution in [0.3, 0.4) is 0 Å². The number of carbonyl (C=O) groups is 1. The van der Waals surface area contributed by atoms with E-state index in [1.165, 1.54) is 5.56 Å². The van der Waals surface area contributed by atoms with Crippen molar-refractivity contribution >= 4 is 16.9 Å². The predicted molar refractivity (Wildman–Crippen MR) is 94.1 cm³/mol. The number of aromatic nitrogens is 1. The Balaban J connectivity index is 2.11. The molecule has 124 valence electrons. The van der Waals surface area contributed by atoms with E-state index in [4.69, 9.17) is 0 Å². The van der Waals surface area contributed by atoms with Crippen molar-refractivity contribution in [2.45, 2.75) is 34.1 Å². The second-order valence-corrected chi connectivity index (χ2v) is 5.80. The number of H-pyrrole nitrogens is 1. The summed E-state index contributed by atoms with van der Waals surface area (Å²) >= 11 is 0. The molecule has 0 fully saturated rings. The Hall–Kier alpha value is -2.30. The zero-order valence-electron chi connectivity index (χ0n) is 14.3. The summed E-state index contributed by atoms with van der Waals surface area (Å²) in [5, 5.41) is 3.89. The molecule has 5 heteroatoms. The van der Waals surface area contributed by atoms with Gasteiger partial charge in [0, 0.05) is 30.7 Å². The van der Waals surface area contributed by atoms with Crippen molar-refractivity contribution in [1.82, 2.24) is 15.2 Å². The van der Waals surface area contributed by atoms with Crippen LogP contribution in [0.2, 0.25) is 0 Å². The fraction of sp³-hybridized carbons (Fsp3) is 0.444. The van der Waals surface area contributed by atoms with Crippen LogP contribution < -0.4 is 10.9 Å². The summed E-state index contributed by atoms with van der Waals surface area (Å²) in [6.07, 6.45) is 0.519. The van der Waals surface area contributed by atoms with E-state index in [1.807, 2.05) is 32.9 Å². The number of nitrogens with one attached hydrogen (secondary N) is 2. The van der Waals surface area contributed by atoms with Crippen LogP contribution in [0.15, 0.2) is 23.0 Å². The minimum absolute atomic E-state index is 0.0845. The topological polar surface area (TPSA) is 65.2 Å². The lowest BCUT2D eigenvalue weighted by molar-refractivity contribution is 0.203. The predicted octanol–water partition coefficient (Wildman–Crippen LogP) is 2.74. The van der Waals surface area contributed by atoms with Gasteiger partial charge < -0.3 is 15.2 Å². The number of aryl methyl sites for hydroxylation is 2. The van der Waals surface area contributed by atoms with E-state index < -0.39 is 0 Å². The van der Waals surface area contributed by atoms with Crippen molar-refractivity contribution in [2.24, 2.45) is 0 Å². The Kier molecular flexibility index (Phi) is 5.42. The standard InChI is InChI=1S/C18H25N3O2/c1-5-21(6-2)18(23)19-8-7-14-11-15-9-12(3)13(4)10-16(15)20-17(14)22/h9-11H,5-8H2,1-4H3,(H,19,23)(H,20,22). The van der Waals surface area contributed by atoms with Crippen LogP contribution in [-0.2, 0) is 6.42 Å². The molecule has 0 saturated carbocycles. The molecule has 0 aliphatic rings. The van der Waals surface area contributed by atoms with Crippen LogP contribution in [0.1, 0.15) is 30.5 Å². The summed E-state index contributed by atoms with van der Waals surface area (Å²) in [6, 6.07) is 5.92. The highest BCUT2D eigenvalue weighted by molar-refractivity contribution is 5.80. The van der Waals surface area contributed by atoms with E-state index in [-0.39, 0.29) is 11.6 Å². The van der Waals surface area contributed by atoms with Gasteiger partial charge in [0.2, 0.25) is 0 Å². The third-order valence-electron chi connectivity index (χ3n) is 4.26. The number of pyridine rings is 1. The largest absolute Gasteiger partial charge is 0.338 e. The third kappa shape index (κ3) is 3.92. The van der Waals surface area contributed by atoms with E-state index >= 15 is 0 Å². The van der Waals surface area contributed by atoms with Crippen molar-refractivity contribution in [2.75, 3.05) is 19.6 Å². The average molecular weight is 315 g/mol. The SMILES string of the molecule is CCN(CC)C(=O)NCCc1cc2cc(C)c(C)cc2[nH]c1=O. The molecule has 23 heavy (non-hydrogen) atoms. The van der Waals surface area contributed by atoms with Crippen LogP contribution >= 0.6 is 0 Å². The van der Waals surface area contributed by atoms with Crippen LogP contribution in [0.5, 0.6) is 0 Å². The van der Waals surface area contributed by atoms with Crippen molar-refractivity contribution < 1.29 is 4.79 Å². The zero-order valence-corrected chi connectivity index (χ0v) is 14.3.